The van der Waals surface area contributed by atoms with E-state index in [0.29, 0.717) is 26.0 Å². The molecule has 88 valence electrons. The molecule has 0 radical (unpaired) electrons. The first-order valence-corrected chi connectivity index (χ1v) is 6.57. The lowest BCUT2D eigenvalue weighted by Crippen LogP contribution is -2.12. The lowest BCUT2D eigenvalue weighted by Gasteiger charge is -2.03. The van der Waals surface area contributed by atoms with Gasteiger partial charge in [-0.25, -0.2) is 4.98 Å². The molecule has 0 unspecified atom stereocenters. The van der Waals surface area contributed by atoms with E-state index in [1.165, 1.54) is 0 Å². The minimum absolute atomic E-state index is 0.246. The molecule has 0 fully saturated rings. The number of hydrogen-bond donors (Lipinski definition) is 1. The number of anilines is 1. The molecule has 0 aliphatic carbocycles. The molecule has 2 aromatic rings. The normalized spacial score (nSPS) is 10.3. The maximum atomic E-state index is 11.9. The fourth-order valence-electron chi connectivity index (χ4n) is 1.19. The number of rotatable bonds is 2. The van der Waals surface area contributed by atoms with Gasteiger partial charge in [0.2, 0.25) is 5.13 Å². The van der Waals surface area contributed by atoms with Crippen molar-refractivity contribution >= 4 is 50.1 Å². The first kappa shape index (κ1) is 12.5. The van der Waals surface area contributed by atoms with Crippen LogP contribution in [-0.2, 0) is 0 Å². The SMILES string of the molecule is Cc1nsc(NC(=O)c2ccc(Cl)cc2Br)n1. The Kier molecular flexibility index (Phi) is 3.76. The third-order valence-corrected chi connectivity index (χ3v) is 3.54. The van der Waals surface area contributed by atoms with Gasteiger partial charge in [-0.3, -0.25) is 10.1 Å². The van der Waals surface area contributed by atoms with Gasteiger partial charge in [-0.15, -0.1) is 0 Å². The molecule has 0 spiro atoms. The second kappa shape index (κ2) is 5.12. The van der Waals surface area contributed by atoms with Gasteiger partial charge in [-0.2, -0.15) is 4.37 Å². The summed E-state index contributed by atoms with van der Waals surface area (Å²) in [5, 5.41) is 3.72. The van der Waals surface area contributed by atoms with Gasteiger partial charge in [-0.05, 0) is 41.1 Å². The minimum atomic E-state index is -0.246. The molecule has 0 atom stereocenters. The molecule has 2 rings (SSSR count). The maximum absolute atomic E-state index is 11.9. The molecule has 0 saturated heterocycles. The van der Waals surface area contributed by atoms with Gasteiger partial charge in [-0.1, -0.05) is 11.6 Å². The van der Waals surface area contributed by atoms with E-state index in [9.17, 15) is 4.79 Å². The zero-order chi connectivity index (χ0) is 12.4. The van der Waals surface area contributed by atoms with E-state index in [2.05, 4.69) is 30.6 Å². The molecule has 0 aliphatic rings. The maximum Gasteiger partial charge on any atom is 0.258 e. The summed E-state index contributed by atoms with van der Waals surface area (Å²) in [6, 6.07) is 4.98. The molecular formula is C10H7BrClN3OS. The van der Waals surface area contributed by atoms with Crippen LogP contribution in [0.2, 0.25) is 5.02 Å². The number of benzene rings is 1. The average Bonchev–Trinajstić information content (AvgIpc) is 2.63. The van der Waals surface area contributed by atoms with Crippen LogP contribution >= 0.6 is 39.1 Å². The van der Waals surface area contributed by atoms with E-state index in [1.54, 1.807) is 25.1 Å². The van der Waals surface area contributed by atoms with E-state index in [1.807, 2.05) is 0 Å². The molecule has 1 aromatic heterocycles. The third-order valence-electron chi connectivity index (χ3n) is 1.92. The predicted molar refractivity (Wildman–Crippen MR) is 71.8 cm³/mol. The van der Waals surface area contributed by atoms with Gasteiger partial charge in [0.1, 0.15) is 5.82 Å². The van der Waals surface area contributed by atoms with Crippen LogP contribution in [0.1, 0.15) is 16.2 Å². The quantitative estimate of drug-likeness (QED) is 0.915. The summed E-state index contributed by atoms with van der Waals surface area (Å²) in [7, 11) is 0. The van der Waals surface area contributed by atoms with Gasteiger partial charge in [0.15, 0.2) is 0 Å². The van der Waals surface area contributed by atoms with Gasteiger partial charge in [0.25, 0.3) is 5.91 Å². The second-order valence-corrected chi connectivity index (χ2v) is 5.27. The summed E-state index contributed by atoms with van der Waals surface area (Å²) in [4.78, 5) is 16.0. The van der Waals surface area contributed by atoms with Crippen LogP contribution in [0, 0.1) is 6.92 Å². The molecule has 0 saturated carbocycles. The number of carbonyl (C=O) groups excluding carboxylic acids is 1. The Labute approximate surface area is 115 Å². The van der Waals surface area contributed by atoms with E-state index in [0.717, 1.165) is 11.5 Å². The molecule has 0 bridgehead atoms. The van der Waals surface area contributed by atoms with Crippen molar-refractivity contribution in [2.24, 2.45) is 0 Å². The van der Waals surface area contributed by atoms with Crippen LogP contribution < -0.4 is 5.32 Å². The standard InChI is InChI=1S/C10H7BrClN3OS/c1-5-13-10(17-15-5)14-9(16)7-3-2-6(12)4-8(7)11/h2-4H,1H3,(H,13,14,15,16). The van der Waals surface area contributed by atoms with Crippen molar-refractivity contribution in [3.05, 3.63) is 39.1 Å². The van der Waals surface area contributed by atoms with Crippen molar-refractivity contribution in [2.75, 3.05) is 5.32 Å². The minimum Gasteiger partial charge on any atom is -0.297 e. The Balaban J connectivity index is 2.20. The highest BCUT2D eigenvalue weighted by molar-refractivity contribution is 9.10. The van der Waals surface area contributed by atoms with Gasteiger partial charge in [0, 0.05) is 21.0 Å². The summed E-state index contributed by atoms with van der Waals surface area (Å²) in [5.74, 6) is 0.394. The van der Waals surface area contributed by atoms with E-state index >= 15 is 0 Å². The Morgan fingerprint density at radius 1 is 1.53 bits per heavy atom. The van der Waals surface area contributed by atoms with Crippen molar-refractivity contribution in [3.8, 4) is 0 Å². The van der Waals surface area contributed by atoms with Crippen molar-refractivity contribution in [3.63, 3.8) is 0 Å². The second-order valence-electron chi connectivity index (χ2n) is 3.23. The molecule has 1 N–H and O–H groups in total. The topological polar surface area (TPSA) is 54.9 Å². The Morgan fingerprint density at radius 2 is 2.29 bits per heavy atom. The number of aromatic nitrogens is 2. The van der Waals surface area contributed by atoms with Crippen LogP contribution in [0.25, 0.3) is 0 Å². The lowest BCUT2D eigenvalue weighted by atomic mass is 10.2. The molecule has 17 heavy (non-hydrogen) atoms. The van der Waals surface area contributed by atoms with Crippen LogP contribution in [0.15, 0.2) is 22.7 Å². The van der Waals surface area contributed by atoms with Crippen LogP contribution in [0.3, 0.4) is 0 Å². The summed E-state index contributed by atoms with van der Waals surface area (Å²) in [5.41, 5.74) is 0.502. The number of halogens is 2. The molecule has 1 aromatic carbocycles. The zero-order valence-electron chi connectivity index (χ0n) is 8.70. The number of carbonyl (C=O) groups is 1. The molecule has 1 heterocycles. The molecular weight excluding hydrogens is 326 g/mol. The fraction of sp³-hybridized carbons (Fsp3) is 0.100. The summed E-state index contributed by atoms with van der Waals surface area (Å²) >= 11 is 10.2. The zero-order valence-corrected chi connectivity index (χ0v) is 11.9. The molecule has 4 nitrogen and oxygen atoms in total. The van der Waals surface area contributed by atoms with E-state index < -0.39 is 0 Å². The Morgan fingerprint density at radius 3 is 2.88 bits per heavy atom. The highest BCUT2D eigenvalue weighted by atomic mass is 79.9. The van der Waals surface area contributed by atoms with Gasteiger partial charge < -0.3 is 0 Å². The first-order valence-electron chi connectivity index (χ1n) is 4.63. The number of hydrogen-bond acceptors (Lipinski definition) is 4. The van der Waals surface area contributed by atoms with Gasteiger partial charge >= 0.3 is 0 Å². The number of nitrogens with zero attached hydrogens (tertiary/aromatic N) is 2. The summed E-state index contributed by atoms with van der Waals surface area (Å²) in [6.07, 6.45) is 0. The fourth-order valence-corrected chi connectivity index (χ4v) is 2.62. The Bertz CT molecular complexity index is 572. The Hall–Kier alpha value is -0.980. The van der Waals surface area contributed by atoms with Crippen LogP contribution in [0.5, 0.6) is 0 Å². The number of amides is 1. The van der Waals surface area contributed by atoms with Crippen molar-refractivity contribution in [1.29, 1.82) is 0 Å². The van der Waals surface area contributed by atoms with Crippen LogP contribution in [0.4, 0.5) is 5.13 Å². The first-order chi connectivity index (χ1) is 8.06. The van der Waals surface area contributed by atoms with Gasteiger partial charge in [0.05, 0.1) is 5.56 Å². The smallest absolute Gasteiger partial charge is 0.258 e. The van der Waals surface area contributed by atoms with E-state index in [4.69, 9.17) is 11.6 Å². The average molecular weight is 333 g/mol. The van der Waals surface area contributed by atoms with Crippen molar-refractivity contribution < 1.29 is 4.79 Å². The molecule has 0 aliphatic heterocycles. The predicted octanol–water partition coefficient (Wildman–Crippen LogP) is 3.51. The van der Waals surface area contributed by atoms with Crippen molar-refractivity contribution in [1.82, 2.24) is 9.36 Å². The monoisotopic (exact) mass is 331 g/mol. The third kappa shape index (κ3) is 3.02. The highest BCUT2D eigenvalue weighted by Crippen LogP contribution is 2.22. The largest absolute Gasteiger partial charge is 0.297 e. The summed E-state index contributed by atoms with van der Waals surface area (Å²) < 4.78 is 4.63. The number of nitrogens with one attached hydrogen (secondary N) is 1. The molecule has 1 amide bonds. The number of aryl methyl sites for hydroxylation is 1. The van der Waals surface area contributed by atoms with Crippen molar-refractivity contribution in [2.45, 2.75) is 6.92 Å². The van der Waals surface area contributed by atoms with Crippen LogP contribution in [-0.4, -0.2) is 15.3 Å². The highest BCUT2D eigenvalue weighted by Gasteiger charge is 2.12. The molecule has 7 heteroatoms. The lowest BCUT2D eigenvalue weighted by molar-refractivity contribution is 0.102. The summed E-state index contributed by atoms with van der Waals surface area (Å²) in [6.45, 7) is 1.77. The van der Waals surface area contributed by atoms with E-state index in [-0.39, 0.29) is 5.91 Å².